The highest BCUT2D eigenvalue weighted by molar-refractivity contribution is 5.84. The van der Waals surface area contributed by atoms with Crippen LogP contribution in [-0.2, 0) is 16.0 Å². The fraction of sp³-hybridized carbons (Fsp3) is 0.259. The number of halogens is 1. The third-order valence-electron chi connectivity index (χ3n) is 6.52. The summed E-state index contributed by atoms with van der Waals surface area (Å²) in [6, 6.07) is 21.3. The van der Waals surface area contributed by atoms with Crippen LogP contribution in [0.25, 0.3) is 0 Å². The summed E-state index contributed by atoms with van der Waals surface area (Å²) in [5.74, 6) is -1.20. The van der Waals surface area contributed by atoms with E-state index in [2.05, 4.69) is 0 Å². The average Bonchev–Trinajstić information content (AvgIpc) is 3.63. The molecule has 0 saturated heterocycles. The molecule has 1 heterocycles. The van der Waals surface area contributed by atoms with E-state index in [-0.39, 0.29) is 23.5 Å². The van der Waals surface area contributed by atoms with Crippen molar-refractivity contribution in [1.82, 2.24) is 4.90 Å². The normalized spacial score (nSPS) is 21.2. The number of benzene rings is 3. The predicted molar refractivity (Wildman–Crippen MR) is 121 cm³/mol. The molecule has 3 aromatic carbocycles. The number of nitrogens with zero attached hydrogens (tertiary/aromatic N) is 1. The first kappa shape index (κ1) is 21.2. The Morgan fingerprint density at radius 2 is 1.76 bits per heavy atom. The zero-order chi connectivity index (χ0) is 22.9. The van der Waals surface area contributed by atoms with E-state index in [4.69, 9.17) is 9.84 Å². The number of rotatable bonds is 6. The Morgan fingerprint density at radius 1 is 1.00 bits per heavy atom. The number of carbonyl (C=O) groups excluding carboxylic acids is 1. The van der Waals surface area contributed by atoms with Crippen molar-refractivity contribution < 1.29 is 23.8 Å². The number of hydrogen-bond donors (Lipinski definition) is 1. The summed E-state index contributed by atoms with van der Waals surface area (Å²) >= 11 is 0. The Bertz CT molecular complexity index is 1200. The molecule has 5 rings (SSSR count). The molecule has 1 saturated carbocycles. The van der Waals surface area contributed by atoms with Crippen LogP contribution in [0.5, 0.6) is 5.75 Å². The molecule has 0 aromatic heterocycles. The molecule has 1 aliphatic heterocycles. The van der Waals surface area contributed by atoms with Gasteiger partial charge in [0.1, 0.15) is 11.6 Å². The van der Waals surface area contributed by atoms with Crippen molar-refractivity contribution >= 4 is 11.9 Å². The van der Waals surface area contributed by atoms with Crippen LogP contribution < -0.4 is 4.74 Å². The van der Waals surface area contributed by atoms with Gasteiger partial charge in [-0.05, 0) is 53.6 Å². The van der Waals surface area contributed by atoms with E-state index >= 15 is 0 Å². The van der Waals surface area contributed by atoms with Gasteiger partial charge in [-0.25, -0.2) is 9.18 Å². The van der Waals surface area contributed by atoms with Crippen LogP contribution in [0.2, 0.25) is 0 Å². The van der Waals surface area contributed by atoms with Crippen molar-refractivity contribution in [2.45, 2.75) is 24.8 Å². The van der Waals surface area contributed by atoms with Crippen molar-refractivity contribution in [1.29, 1.82) is 0 Å². The van der Waals surface area contributed by atoms with Gasteiger partial charge >= 0.3 is 5.97 Å². The molecule has 1 unspecified atom stereocenters. The lowest BCUT2D eigenvalue weighted by molar-refractivity contribution is -0.139. The molecule has 0 bridgehead atoms. The van der Waals surface area contributed by atoms with Gasteiger partial charge in [0.2, 0.25) is 5.91 Å². The van der Waals surface area contributed by atoms with Gasteiger partial charge < -0.3 is 14.7 Å². The number of carboxylic acid groups (broad SMARTS) is 1. The van der Waals surface area contributed by atoms with E-state index in [0.717, 1.165) is 23.1 Å². The molecule has 0 spiro atoms. The minimum atomic E-state index is -1.12. The standard InChI is InChI=1S/C27H24FNO4/c28-19-10-11-24(33-16-25(30)31)23(14-19)26-20-9-5-4-8-18(20)12-13-29(26)27(32)22-15-21(22)17-6-2-1-3-7-17/h1-11,14,21-22,26H,12-13,15-16H2,(H,30,31)/t21-,22+,26?/m0/s1. The van der Waals surface area contributed by atoms with Crippen LogP contribution in [0, 0.1) is 11.7 Å². The highest BCUT2D eigenvalue weighted by Crippen LogP contribution is 2.50. The number of fused-ring (bicyclic) bond motifs is 1. The number of carbonyl (C=O) groups is 2. The van der Waals surface area contributed by atoms with Gasteiger partial charge in [0.25, 0.3) is 0 Å². The number of aliphatic carboxylic acids is 1. The Balaban J connectivity index is 1.52. The second-order valence-corrected chi connectivity index (χ2v) is 8.61. The van der Waals surface area contributed by atoms with Gasteiger partial charge in [0.15, 0.2) is 6.61 Å². The SMILES string of the molecule is O=C(O)COc1ccc(F)cc1C1c2ccccc2CCN1C(=O)[C@@H]1C[C@H]1c1ccccc1. The van der Waals surface area contributed by atoms with Crippen LogP contribution in [0.4, 0.5) is 4.39 Å². The number of carboxylic acids is 1. The van der Waals surface area contributed by atoms with Crippen LogP contribution >= 0.6 is 0 Å². The van der Waals surface area contributed by atoms with E-state index in [1.165, 1.54) is 18.2 Å². The van der Waals surface area contributed by atoms with Crippen LogP contribution in [-0.4, -0.2) is 35.0 Å². The Morgan fingerprint density at radius 3 is 2.55 bits per heavy atom. The molecule has 168 valence electrons. The molecule has 6 heteroatoms. The first-order valence-electron chi connectivity index (χ1n) is 11.1. The molecule has 3 atom stereocenters. The van der Waals surface area contributed by atoms with Gasteiger partial charge in [-0.2, -0.15) is 0 Å². The maximum absolute atomic E-state index is 14.4. The van der Waals surface area contributed by atoms with Gasteiger partial charge in [-0.15, -0.1) is 0 Å². The molecule has 1 N–H and O–H groups in total. The molecule has 1 amide bonds. The molecule has 33 heavy (non-hydrogen) atoms. The third-order valence-corrected chi connectivity index (χ3v) is 6.52. The highest BCUT2D eigenvalue weighted by Gasteiger charge is 2.48. The zero-order valence-electron chi connectivity index (χ0n) is 18.0. The fourth-order valence-electron chi connectivity index (χ4n) is 4.89. The van der Waals surface area contributed by atoms with E-state index in [1.54, 1.807) is 0 Å². The molecule has 5 nitrogen and oxygen atoms in total. The lowest BCUT2D eigenvalue weighted by atomic mass is 9.87. The minimum Gasteiger partial charge on any atom is -0.482 e. The Labute approximate surface area is 191 Å². The summed E-state index contributed by atoms with van der Waals surface area (Å²) < 4.78 is 19.9. The number of ether oxygens (including phenoxy) is 1. The first-order chi connectivity index (χ1) is 16.0. The number of hydrogen-bond acceptors (Lipinski definition) is 3. The highest BCUT2D eigenvalue weighted by atomic mass is 19.1. The fourth-order valence-corrected chi connectivity index (χ4v) is 4.89. The van der Waals surface area contributed by atoms with Gasteiger partial charge in [0.05, 0.1) is 6.04 Å². The second-order valence-electron chi connectivity index (χ2n) is 8.61. The lowest BCUT2D eigenvalue weighted by Gasteiger charge is -2.38. The maximum atomic E-state index is 14.4. The van der Waals surface area contributed by atoms with Crippen LogP contribution in [0.15, 0.2) is 72.8 Å². The lowest BCUT2D eigenvalue weighted by Crippen LogP contribution is -2.41. The van der Waals surface area contributed by atoms with Crippen molar-refractivity contribution in [3.05, 3.63) is 101 Å². The summed E-state index contributed by atoms with van der Waals surface area (Å²) in [6.45, 7) is -0.0347. The average molecular weight is 445 g/mol. The molecule has 2 aliphatic rings. The van der Waals surface area contributed by atoms with Gasteiger partial charge in [-0.3, -0.25) is 4.79 Å². The molecule has 1 fully saturated rings. The monoisotopic (exact) mass is 445 g/mol. The molecular weight excluding hydrogens is 421 g/mol. The minimum absolute atomic E-state index is 0.0387. The first-order valence-corrected chi connectivity index (χ1v) is 11.1. The van der Waals surface area contributed by atoms with E-state index in [1.807, 2.05) is 59.5 Å². The van der Waals surface area contributed by atoms with Crippen molar-refractivity contribution in [2.75, 3.05) is 13.2 Å². The summed E-state index contributed by atoms with van der Waals surface area (Å²) in [5.41, 5.74) is 3.63. The van der Waals surface area contributed by atoms with Gasteiger partial charge in [-0.1, -0.05) is 54.6 Å². The Kier molecular flexibility index (Phi) is 5.58. The van der Waals surface area contributed by atoms with E-state index in [0.29, 0.717) is 18.5 Å². The predicted octanol–water partition coefficient (Wildman–Crippen LogP) is 4.57. The summed E-state index contributed by atoms with van der Waals surface area (Å²) in [5, 5.41) is 9.08. The second kappa shape index (κ2) is 8.70. The van der Waals surface area contributed by atoms with E-state index in [9.17, 15) is 14.0 Å². The number of amides is 1. The summed E-state index contributed by atoms with van der Waals surface area (Å²) in [7, 11) is 0. The van der Waals surface area contributed by atoms with E-state index < -0.39 is 24.4 Å². The smallest absolute Gasteiger partial charge is 0.341 e. The molecule has 0 radical (unpaired) electrons. The van der Waals surface area contributed by atoms with Gasteiger partial charge in [0, 0.05) is 18.0 Å². The topological polar surface area (TPSA) is 66.8 Å². The molecule has 1 aliphatic carbocycles. The summed E-state index contributed by atoms with van der Waals surface area (Å²) in [6.07, 6.45) is 1.50. The van der Waals surface area contributed by atoms with Crippen molar-refractivity contribution in [3.63, 3.8) is 0 Å². The maximum Gasteiger partial charge on any atom is 0.341 e. The summed E-state index contributed by atoms with van der Waals surface area (Å²) in [4.78, 5) is 26.6. The zero-order valence-corrected chi connectivity index (χ0v) is 18.0. The van der Waals surface area contributed by atoms with Crippen LogP contribution in [0.1, 0.15) is 40.6 Å². The third kappa shape index (κ3) is 4.21. The van der Waals surface area contributed by atoms with Crippen molar-refractivity contribution in [3.8, 4) is 5.75 Å². The molecular formula is C27H24FNO4. The van der Waals surface area contributed by atoms with Crippen molar-refractivity contribution in [2.24, 2.45) is 5.92 Å². The quantitative estimate of drug-likeness (QED) is 0.604. The van der Waals surface area contributed by atoms with Crippen LogP contribution in [0.3, 0.4) is 0 Å². The Hall–Kier alpha value is -3.67. The largest absolute Gasteiger partial charge is 0.482 e. The molecule has 3 aromatic rings.